The first-order valence-electron chi connectivity index (χ1n) is 5.07. The SMILES string of the molecule is CCCC(C)CC(=O)NCC(=O)NC. The molecule has 0 aliphatic heterocycles. The Kier molecular flexibility index (Phi) is 6.80. The second-order valence-corrected chi connectivity index (χ2v) is 3.55. The molecule has 0 saturated heterocycles. The number of hydrogen-bond donors (Lipinski definition) is 2. The molecule has 0 aromatic carbocycles. The molecule has 0 aromatic heterocycles. The van der Waals surface area contributed by atoms with Gasteiger partial charge < -0.3 is 10.6 Å². The molecule has 0 heterocycles. The van der Waals surface area contributed by atoms with E-state index in [1.54, 1.807) is 7.05 Å². The molecule has 1 atom stereocenters. The van der Waals surface area contributed by atoms with Crippen molar-refractivity contribution < 1.29 is 9.59 Å². The quantitative estimate of drug-likeness (QED) is 0.662. The van der Waals surface area contributed by atoms with Gasteiger partial charge in [-0.3, -0.25) is 9.59 Å². The summed E-state index contributed by atoms with van der Waals surface area (Å²) in [6.45, 7) is 4.22. The van der Waals surface area contributed by atoms with Crippen LogP contribution in [0.2, 0.25) is 0 Å². The highest BCUT2D eigenvalue weighted by Gasteiger charge is 2.08. The van der Waals surface area contributed by atoms with Crippen LogP contribution in [0.3, 0.4) is 0 Å². The van der Waals surface area contributed by atoms with Crippen LogP contribution in [0.15, 0.2) is 0 Å². The van der Waals surface area contributed by atoms with Gasteiger partial charge in [0.05, 0.1) is 6.54 Å². The van der Waals surface area contributed by atoms with Gasteiger partial charge in [-0.25, -0.2) is 0 Å². The molecule has 2 N–H and O–H groups in total. The summed E-state index contributed by atoms with van der Waals surface area (Å²) in [6, 6.07) is 0. The van der Waals surface area contributed by atoms with Gasteiger partial charge in [-0.1, -0.05) is 26.7 Å². The summed E-state index contributed by atoms with van der Waals surface area (Å²) >= 11 is 0. The molecule has 14 heavy (non-hydrogen) atoms. The maximum absolute atomic E-state index is 11.3. The van der Waals surface area contributed by atoms with Crippen molar-refractivity contribution >= 4 is 11.8 Å². The highest BCUT2D eigenvalue weighted by atomic mass is 16.2. The summed E-state index contributed by atoms with van der Waals surface area (Å²) in [5, 5.41) is 5.02. The van der Waals surface area contributed by atoms with E-state index >= 15 is 0 Å². The van der Waals surface area contributed by atoms with E-state index in [0.29, 0.717) is 12.3 Å². The van der Waals surface area contributed by atoms with Gasteiger partial charge in [-0.05, 0) is 5.92 Å². The third-order valence-electron chi connectivity index (χ3n) is 2.04. The van der Waals surface area contributed by atoms with Crippen LogP contribution in [0.1, 0.15) is 33.1 Å². The van der Waals surface area contributed by atoms with Crippen molar-refractivity contribution in [3.05, 3.63) is 0 Å². The molecule has 0 spiro atoms. The Bertz CT molecular complexity index is 193. The molecule has 0 saturated carbocycles. The van der Waals surface area contributed by atoms with Gasteiger partial charge in [0.1, 0.15) is 0 Å². The topological polar surface area (TPSA) is 58.2 Å². The minimum absolute atomic E-state index is 0.0467. The van der Waals surface area contributed by atoms with E-state index in [-0.39, 0.29) is 18.4 Å². The van der Waals surface area contributed by atoms with Crippen molar-refractivity contribution in [1.82, 2.24) is 10.6 Å². The minimum atomic E-state index is -0.165. The zero-order valence-corrected chi connectivity index (χ0v) is 9.22. The number of carbonyl (C=O) groups is 2. The first-order valence-corrected chi connectivity index (χ1v) is 5.07. The average molecular weight is 200 g/mol. The maximum atomic E-state index is 11.3. The van der Waals surface area contributed by atoms with Crippen LogP contribution in [0.5, 0.6) is 0 Å². The first kappa shape index (κ1) is 12.9. The predicted molar refractivity (Wildman–Crippen MR) is 55.8 cm³/mol. The lowest BCUT2D eigenvalue weighted by Crippen LogP contribution is -2.35. The van der Waals surface area contributed by atoms with Gasteiger partial charge in [-0.2, -0.15) is 0 Å². The van der Waals surface area contributed by atoms with E-state index in [4.69, 9.17) is 0 Å². The van der Waals surface area contributed by atoms with E-state index in [2.05, 4.69) is 17.6 Å². The van der Waals surface area contributed by atoms with Crippen LogP contribution < -0.4 is 10.6 Å². The number of amides is 2. The smallest absolute Gasteiger partial charge is 0.239 e. The second-order valence-electron chi connectivity index (χ2n) is 3.55. The highest BCUT2D eigenvalue weighted by Crippen LogP contribution is 2.08. The molecular formula is C10H20N2O2. The van der Waals surface area contributed by atoms with E-state index in [1.165, 1.54) is 0 Å². The Morgan fingerprint density at radius 3 is 2.43 bits per heavy atom. The molecule has 2 amide bonds. The van der Waals surface area contributed by atoms with Crippen molar-refractivity contribution in [2.75, 3.05) is 13.6 Å². The van der Waals surface area contributed by atoms with Gasteiger partial charge in [0.2, 0.25) is 11.8 Å². The molecule has 82 valence electrons. The molecule has 0 aliphatic rings. The monoisotopic (exact) mass is 200 g/mol. The number of rotatable bonds is 6. The highest BCUT2D eigenvalue weighted by molar-refractivity contribution is 5.84. The lowest BCUT2D eigenvalue weighted by molar-refractivity contribution is -0.126. The third-order valence-corrected chi connectivity index (χ3v) is 2.04. The van der Waals surface area contributed by atoms with E-state index in [1.807, 2.05) is 6.92 Å². The van der Waals surface area contributed by atoms with Gasteiger partial charge in [-0.15, -0.1) is 0 Å². The van der Waals surface area contributed by atoms with E-state index < -0.39 is 0 Å². The lowest BCUT2D eigenvalue weighted by atomic mass is 10.0. The van der Waals surface area contributed by atoms with Crippen LogP contribution >= 0.6 is 0 Å². The molecule has 4 nitrogen and oxygen atoms in total. The first-order chi connectivity index (χ1) is 6.60. The molecule has 0 rings (SSSR count). The Hall–Kier alpha value is -1.06. The summed E-state index contributed by atoms with van der Waals surface area (Å²) in [6.07, 6.45) is 2.64. The lowest BCUT2D eigenvalue weighted by Gasteiger charge is -2.09. The third kappa shape index (κ3) is 6.46. The fourth-order valence-corrected chi connectivity index (χ4v) is 1.25. The molecular weight excluding hydrogens is 180 g/mol. The summed E-state index contributed by atoms with van der Waals surface area (Å²) < 4.78 is 0. The number of carbonyl (C=O) groups excluding carboxylic acids is 2. The number of hydrogen-bond acceptors (Lipinski definition) is 2. The molecule has 0 fully saturated rings. The Labute approximate surface area is 85.4 Å². The summed E-state index contributed by atoms with van der Waals surface area (Å²) in [7, 11) is 1.55. The molecule has 0 aliphatic carbocycles. The van der Waals surface area contributed by atoms with Crippen LogP contribution in [0.25, 0.3) is 0 Å². The van der Waals surface area contributed by atoms with Crippen LogP contribution in [-0.4, -0.2) is 25.4 Å². The largest absolute Gasteiger partial charge is 0.358 e. The Morgan fingerprint density at radius 2 is 1.93 bits per heavy atom. The van der Waals surface area contributed by atoms with Crippen molar-refractivity contribution in [3.63, 3.8) is 0 Å². The second kappa shape index (κ2) is 7.35. The molecule has 1 unspecified atom stereocenters. The van der Waals surface area contributed by atoms with Crippen LogP contribution in [0.4, 0.5) is 0 Å². The fraction of sp³-hybridized carbons (Fsp3) is 0.800. The molecule has 0 radical (unpaired) electrons. The van der Waals surface area contributed by atoms with Gasteiger partial charge in [0, 0.05) is 13.5 Å². The zero-order chi connectivity index (χ0) is 11.0. The van der Waals surface area contributed by atoms with Crippen LogP contribution in [-0.2, 0) is 9.59 Å². The average Bonchev–Trinajstić information content (AvgIpc) is 2.14. The fourth-order valence-electron chi connectivity index (χ4n) is 1.25. The van der Waals surface area contributed by atoms with Gasteiger partial charge >= 0.3 is 0 Å². The van der Waals surface area contributed by atoms with Gasteiger partial charge in [0.25, 0.3) is 0 Å². The normalized spacial score (nSPS) is 11.9. The minimum Gasteiger partial charge on any atom is -0.358 e. The summed E-state index contributed by atoms with van der Waals surface area (Å²) in [4.78, 5) is 22.1. The van der Waals surface area contributed by atoms with Crippen LogP contribution in [0, 0.1) is 5.92 Å². The molecule has 0 aromatic rings. The number of likely N-dealkylation sites (N-methyl/N-ethyl adjacent to an activating group) is 1. The number of nitrogens with one attached hydrogen (secondary N) is 2. The van der Waals surface area contributed by atoms with Gasteiger partial charge in [0.15, 0.2) is 0 Å². The molecule has 0 bridgehead atoms. The summed E-state index contributed by atoms with van der Waals surface area (Å²) in [5.41, 5.74) is 0. The van der Waals surface area contributed by atoms with Crippen molar-refractivity contribution in [1.29, 1.82) is 0 Å². The van der Waals surface area contributed by atoms with E-state index in [9.17, 15) is 9.59 Å². The van der Waals surface area contributed by atoms with E-state index in [0.717, 1.165) is 12.8 Å². The summed E-state index contributed by atoms with van der Waals surface area (Å²) in [5.74, 6) is 0.181. The van der Waals surface area contributed by atoms with Crippen molar-refractivity contribution in [3.8, 4) is 0 Å². The predicted octanol–water partition coefficient (Wildman–Crippen LogP) is 0.675. The Morgan fingerprint density at radius 1 is 1.29 bits per heavy atom. The maximum Gasteiger partial charge on any atom is 0.239 e. The van der Waals surface area contributed by atoms with Crippen molar-refractivity contribution in [2.24, 2.45) is 5.92 Å². The Balaban J connectivity index is 3.59. The standard InChI is InChI=1S/C10H20N2O2/c1-4-5-8(2)6-9(13)12-7-10(14)11-3/h8H,4-7H2,1-3H3,(H,11,14)(H,12,13). The molecule has 4 heteroatoms. The van der Waals surface area contributed by atoms with Crippen molar-refractivity contribution in [2.45, 2.75) is 33.1 Å². The zero-order valence-electron chi connectivity index (χ0n) is 9.22.